The average molecular weight is 334 g/mol. The minimum atomic E-state index is -4.37. The monoisotopic (exact) mass is 334 g/mol. The lowest BCUT2D eigenvalue weighted by Gasteiger charge is -2.12. The Bertz CT molecular complexity index is 897. The molecular formula is C17H17F3N4. The lowest BCUT2D eigenvalue weighted by molar-refractivity contribution is -0.137. The first-order chi connectivity index (χ1) is 11.3. The molecule has 0 unspecified atom stereocenters. The molecule has 0 aliphatic rings. The van der Waals surface area contributed by atoms with Crippen molar-refractivity contribution in [3.63, 3.8) is 0 Å². The maximum absolute atomic E-state index is 12.8. The van der Waals surface area contributed by atoms with Crippen LogP contribution < -0.4 is 5.32 Å². The molecule has 2 aromatic heterocycles. The van der Waals surface area contributed by atoms with Crippen molar-refractivity contribution in [1.82, 2.24) is 14.8 Å². The molecule has 24 heavy (non-hydrogen) atoms. The topological polar surface area (TPSA) is 42.7 Å². The predicted octanol–water partition coefficient (Wildman–Crippen LogP) is 4.22. The summed E-state index contributed by atoms with van der Waals surface area (Å²) in [6, 6.07) is 5.37. The normalized spacial score (nSPS) is 11.9. The highest BCUT2D eigenvalue weighted by Crippen LogP contribution is 2.32. The quantitative estimate of drug-likeness (QED) is 0.780. The van der Waals surface area contributed by atoms with Crippen LogP contribution in [0, 0.1) is 13.8 Å². The third-order valence-corrected chi connectivity index (χ3v) is 4.18. The molecule has 7 heteroatoms. The van der Waals surface area contributed by atoms with Crippen molar-refractivity contribution in [3.05, 3.63) is 53.0 Å². The fourth-order valence-corrected chi connectivity index (χ4v) is 2.74. The number of aryl methyl sites for hydroxylation is 2. The van der Waals surface area contributed by atoms with Crippen molar-refractivity contribution >= 4 is 16.6 Å². The van der Waals surface area contributed by atoms with E-state index in [-0.39, 0.29) is 0 Å². The zero-order valence-corrected chi connectivity index (χ0v) is 13.6. The number of fused-ring (bicyclic) bond motifs is 1. The standard InChI is InChI=1S/C17H17F3N4/c1-10-14(11(2)24(3)23-10)9-22-15-6-7-21-16-8-12(17(18,19)20)4-5-13(15)16/h4-8H,9H2,1-3H3,(H,21,22). The van der Waals surface area contributed by atoms with Gasteiger partial charge in [-0.1, -0.05) is 6.07 Å². The molecule has 0 aliphatic carbocycles. The largest absolute Gasteiger partial charge is 0.416 e. The van der Waals surface area contributed by atoms with Crippen molar-refractivity contribution in [2.24, 2.45) is 7.05 Å². The minimum Gasteiger partial charge on any atom is -0.380 e. The van der Waals surface area contributed by atoms with Gasteiger partial charge in [-0.25, -0.2) is 0 Å². The second-order valence-electron chi connectivity index (χ2n) is 5.71. The molecular weight excluding hydrogens is 317 g/mol. The zero-order chi connectivity index (χ0) is 17.5. The lowest BCUT2D eigenvalue weighted by Crippen LogP contribution is -2.06. The van der Waals surface area contributed by atoms with E-state index >= 15 is 0 Å². The Balaban J connectivity index is 1.93. The highest BCUT2D eigenvalue weighted by Gasteiger charge is 2.30. The third-order valence-electron chi connectivity index (χ3n) is 4.18. The van der Waals surface area contributed by atoms with Crippen LogP contribution in [0.15, 0.2) is 30.5 Å². The van der Waals surface area contributed by atoms with E-state index < -0.39 is 11.7 Å². The Morgan fingerprint density at radius 3 is 2.54 bits per heavy atom. The predicted molar refractivity (Wildman–Crippen MR) is 86.8 cm³/mol. The fraction of sp³-hybridized carbons (Fsp3) is 0.294. The van der Waals surface area contributed by atoms with E-state index in [1.807, 2.05) is 25.6 Å². The Morgan fingerprint density at radius 2 is 1.92 bits per heavy atom. The van der Waals surface area contributed by atoms with Crippen LogP contribution in [-0.2, 0) is 19.8 Å². The molecule has 0 aliphatic heterocycles. The molecule has 126 valence electrons. The number of halogens is 3. The van der Waals surface area contributed by atoms with Crippen LogP contribution in [0.5, 0.6) is 0 Å². The van der Waals surface area contributed by atoms with Gasteiger partial charge in [0, 0.05) is 42.1 Å². The number of hydrogen-bond donors (Lipinski definition) is 1. The number of pyridine rings is 1. The minimum absolute atomic E-state index is 0.314. The van der Waals surface area contributed by atoms with Gasteiger partial charge < -0.3 is 5.32 Å². The molecule has 0 bridgehead atoms. The molecule has 1 N–H and O–H groups in total. The zero-order valence-electron chi connectivity index (χ0n) is 13.6. The van der Waals surface area contributed by atoms with Crippen molar-refractivity contribution < 1.29 is 13.2 Å². The molecule has 4 nitrogen and oxygen atoms in total. The van der Waals surface area contributed by atoms with Crippen molar-refractivity contribution in [2.75, 3.05) is 5.32 Å². The summed E-state index contributed by atoms with van der Waals surface area (Å²) in [5, 5.41) is 8.30. The van der Waals surface area contributed by atoms with E-state index in [2.05, 4.69) is 15.4 Å². The highest BCUT2D eigenvalue weighted by atomic mass is 19.4. The molecule has 0 spiro atoms. The van der Waals surface area contributed by atoms with Crippen LogP contribution >= 0.6 is 0 Å². The maximum Gasteiger partial charge on any atom is 0.416 e. The summed E-state index contributed by atoms with van der Waals surface area (Å²) in [4.78, 5) is 4.05. The van der Waals surface area contributed by atoms with Gasteiger partial charge in [0.05, 0.1) is 16.8 Å². The molecule has 1 aromatic carbocycles. The summed E-state index contributed by atoms with van der Waals surface area (Å²) in [6.07, 6.45) is -2.86. The molecule has 0 atom stereocenters. The molecule has 0 saturated carbocycles. The van der Waals surface area contributed by atoms with Crippen LogP contribution in [0.2, 0.25) is 0 Å². The molecule has 0 fully saturated rings. The first-order valence-corrected chi connectivity index (χ1v) is 7.46. The van der Waals surface area contributed by atoms with Crippen molar-refractivity contribution in [1.29, 1.82) is 0 Å². The summed E-state index contributed by atoms with van der Waals surface area (Å²) in [5.41, 5.74) is 3.43. The number of anilines is 1. The Labute approximate surface area is 137 Å². The number of benzene rings is 1. The average Bonchev–Trinajstić information content (AvgIpc) is 2.76. The number of hydrogen-bond acceptors (Lipinski definition) is 3. The van der Waals surface area contributed by atoms with Crippen LogP contribution in [0.4, 0.5) is 18.9 Å². The molecule has 2 heterocycles. The van der Waals surface area contributed by atoms with Gasteiger partial charge in [-0.2, -0.15) is 18.3 Å². The Hall–Kier alpha value is -2.57. The van der Waals surface area contributed by atoms with Gasteiger partial charge in [0.25, 0.3) is 0 Å². The number of nitrogens with zero attached hydrogens (tertiary/aromatic N) is 3. The fourth-order valence-electron chi connectivity index (χ4n) is 2.74. The van der Waals surface area contributed by atoms with Crippen LogP contribution in [-0.4, -0.2) is 14.8 Å². The summed E-state index contributed by atoms with van der Waals surface area (Å²) in [5.74, 6) is 0. The van der Waals surface area contributed by atoms with Gasteiger partial charge >= 0.3 is 6.18 Å². The van der Waals surface area contributed by atoms with Crippen LogP contribution in [0.3, 0.4) is 0 Å². The Kier molecular flexibility index (Phi) is 3.95. The van der Waals surface area contributed by atoms with Crippen molar-refractivity contribution in [2.45, 2.75) is 26.6 Å². The van der Waals surface area contributed by atoms with Gasteiger partial charge in [0.1, 0.15) is 0 Å². The molecule has 0 radical (unpaired) electrons. The summed E-state index contributed by atoms with van der Waals surface area (Å²) in [6.45, 7) is 4.47. The van der Waals surface area contributed by atoms with E-state index in [1.165, 1.54) is 12.3 Å². The number of rotatable bonds is 3. The smallest absolute Gasteiger partial charge is 0.380 e. The van der Waals surface area contributed by atoms with E-state index in [0.29, 0.717) is 17.4 Å². The van der Waals surface area contributed by atoms with Gasteiger partial charge in [-0.05, 0) is 32.0 Å². The number of nitrogens with one attached hydrogen (secondary N) is 1. The summed E-state index contributed by atoms with van der Waals surface area (Å²) < 4.78 is 40.3. The SMILES string of the molecule is Cc1nn(C)c(C)c1CNc1ccnc2cc(C(F)(F)F)ccc12. The van der Waals surface area contributed by atoms with Crippen LogP contribution in [0.25, 0.3) is 10.9 Å². The first-order valence-electron chi connectivity index (χ1n) is 7.46. The van der Waals surface area contributed by atoms with E-state index in [9.17, 15) is 13.2 Å². The molecule has 0 saturated heterocycles. The summed E-state index contributed by atoms with van der Waals surface area (Å²) in [7, 11) is 1.88. The number of alkyl halides is 3. The lowest BCUT2D eigenvalue weighted by atomic mass is 10.1. The molecule has 3 rings (SSSR count). The summed E-state index contributed by atoms with van der Waals surface area (Å²) >= 11 is 0. The van der Waals surface area contributed by atoms with Gasteiger partial charge in [0.15, 0.2) is 0 Å². The molecule has 3 aromatic rings. The maximum atomic E-state index is 12.8. The van der Waals surface area contributed by atoms with Gasteiger partial charge in [-0.15, -0.1) is 0 Å². The number of aromatic nitrogens is 3. The van der Waals surface area contributed by atoms with Crippen molar-refractivity contribution in [3.8, 4) is 0 Å². The van der Waals surface area contributed by atoms with E-state index in [1.54, 1.807) is 6.07 Å². The van der Waals surface area contributed by atoms with Gasteiger partial charge in [-0.3, -0.25) is 9.67 Å². The van der Waals surface area contributed by atoms with E-state index in [4.69, 9.17) is 0 Å². The second-order valence-corrected chi connectivity index (χ2v) is 5.71. The third kappa shape index (κ3) is 2.93. The molecule has 0 amide bonds. The highest BCUT2D eigenvalue weighted by molar-refractivity contribution is 5.91. The van der Waals surface area contributed by atoms with Gasteiger partial charge in [0.2, 0.25) is 0 Å². The van der Waals surface area contributed by atoms with Crippen LogP contribution in [0.1, 0.15) is 22.5 Å². The second kappa shape index (κ2) is 5.81. The van der Waals surface area contributed by atoms with E-state index in [0.717, 1.165) is 34.8 Å². The Morgan fingerprint density at radius 1 is 1.17 bits per heavy atom. The first kappa shape index (κ1) is 16.3.